The van der Waals surface area contributed by atoms with Gasteiger partial charge in [-0.2, -0.15) is 0 Å². The zero-order chi connectivity index (χ0) is 22.2. The number of ether oxygens (including phenoxy) is 1. The normalized spacial score (nSPS) is 21.0. The quantitative estimate of drug-likeness (QED) is 0.704. The van der Waals surface area contributed by atoms with Gasteiger partial charge >= 0.3 is 6.03 Å². The lowest BCUT2D eigenvalue weighted by atomic mass is 9.82. The van der Waals surface area contributed by atoms with Crippen molar-refractivity contribution in [3.8, 4) is 0 Å². The van der Waals surface area contributed by atoms with Crippen molar-refractivity contribution in [1.29, 1.82) is 0 Å². The van der Waals surface area contributed by atoms with Crippen LogP contribution < -0.4 is 4.90 Å². The summed E-state index contributed by atoms with van der Waals surface area (Å²) in [5.41, 5.74) is 1.74. The Hall–Kier alpha value is -2.42. The maximum atomic E-state index is 13.2. The summed E-state index contributed by atoms with van der Waals surface area (Å²) in [7, 11) is 7.41. The number of hydrogen-bond donors (Lipinski definition) is 0. The van der Waals surface area contributed by atoms with Crippen LogP contribution in [-0.2, 0) is 21.6 Å². The number of urea groups is 1. The monoisotopic (exact) mass is 430 g/mol. The van der Waals surface area contributed by atoms with Crippen LogP contribution in [0.25, 0.3) is 0 Å². The highest BCUT2D eigenvalue weighted by molar-refractivity contribution is 5.80. The summed E-state index contributed by atoms with van der Waals surface area (Å²) in [6.07, 6.45) is 5.75. The van der Waals surface area contributed by atoms with Crippen LogP contribution in [-0.4, -0.2) is 97.6 Å². The molecule has 9 heteroatoms. The minimum atomic E-state index is -0.417. The lowest BCUT2D eigenvalue weighted by Crippen LogP contribution is -2.52. The van der Waals surface area contributed by atoms with Gasteiger partial charge in [0, 0.05) is 66.5 Å². The summed E-state index contributed by atoms with van der Waals surface area (Å²) < 4.78 is 6.31. The molecular formula is C22H34N6O3. The van der Waals surface area contributed by atoms with E-state index in [2.05, 4.69) is 4.98 Å². The van der Waals surface area contributed by atoms with E-state index in [1.165, 1.54) is 0 Å². The number of piperidine rings is 2. The fraction of sp³-hybridized carbons (Fsp3) is 0.727. The Morgan fingerprint density at radius 3 is 2.35 bits per heavy atom. The largest absolute Gasteiger partial charge is 0.368 e. The summed E-state index contributed by atoms with van der Waals surface area (Å²) >= 11 is 0. The van der Waals surface area contributed by atoms with Gasteiger partial charge in [-0.3, -0.25) is 4.79 Å². The number of carbonyl (C=O) groups is 2. The van der Waals surface area contributed by atoms with Gasteiger partial charge in [-0.25, -0.2) is 14.8 Å². The second kappa shape index (κ2) is 8.61. The highest BCUT2D eigenvalue weighted by atomic mass is 16.5. The predicted octanol–water partition coefficient (Wildman–Crippen LogP) is 1.33. The maximum absolute atomic E-state index is 13.2. The SMILES string of the molecule is CN(C)C(=O)N1CCC(C(=O)N2CCC3(CC2)OCCc2cnc(N(C)C)nc23)CC1. The summed E-state index contributed by atoms with van der Waals surface area (Å²) in [6.45, 7) is 3.31. The molecule has 170 valence electrons. The standard InChI is InChI=1S/C22H34N6O3/c1-25(2)20-23-15-17-7-14-31-22(18(17)24-20)8-12-27(13-9-22)19(29)16-5-10-28(11-6-16)21(30)26(3)4/h15-16H,5-14H2,1-4H3. The van der Waals surface area contributed by atoms with E-state index >= 15 is 0 Å². The van der Waals surface area contributed by atoms with Crippen LogP contribution in [0.1, 0.15) is 36.9 Å². The number of amides is 3. The topological polar surface area (TPSA) is 82.1 Å². The summed E-state index contributed by atoms with van der Waals surface area (Å²) in [5.74, 6) is 0.920. The van der Waals surface area contributed by atoms with Crippen molar-refractivity contribution in [2.45, 2.75) is 37.7 Å². The van der Waals surface area contributed by atoms with E-state index in [1.807, 2.05) is 35.0 Å². The number of hydrogen-bond acceptors (Lipinski definition) is 6. The molecule has 4 rings (SSSR count). The molecule has 0 aromatic carbocycles. The molecule has 0 unspecified atom stereocenters. The smallest absolute Gasteiger partial charge is 0.319 e. The number of carbonyl (C=O) groups excluding carboxylic acids is 2. The summed E-state index contributed by atoms with van der Waals surface area (Å²) in [6, 6.07) is 0.0259. The van der Waals surface area contributed by atoms with Crippen LogP contribution in [0.5, 0.6) is 0 Å². The molecule has 3 amide bonds. The molecule has 3 aliphatic heterocycles. The minimum absolute atomic E-state index is 0.00231. The molecule has 1 spiro atoms. The fourth-order valence-corrected chi connectivity index (χ4v) is 4.94. The van der Waals surface area contributed by atoms with Crippen molar-refractivity contribution in [1.82, 2.24) is 24.7 Å². The van der Waals surface area contributed by atoms with E-state index in [0.29, 0.717) is 38.7 Å². The number of anilines is 1. The van der Waals surface area contributed by atoms with Crippen LogP contribution >= 0.6 is 0 Å². The van der Waals surface area contributed by atoms with Crippen LogP contribution in [0.3, 0.4) is 0 Å². The lowest BCUT2D eigenvalue weighted by molar-refractivity contribution is -0.146. The highest BCUT2D eigenvalue weighted by Gasteiger charge is 2.44. The first-order valence-corrected chi connectivity index (χ1v) is 11.2. The van der Waals surface area contributed by atoms with Crippen LogP contribution in [0, 0.1) is 5.92 Å². The molecule has 2 fully saturated rings. The van der Waals surface area contributed by atoms with Gasteiger partial charge < -0.3 is 24.3 Å². The molecule has 0 aliphatic carbocycles. The van der Waals surface area contributed by atoms with Crippen LogP contribution in [0.4, 0.5) is 10.7 Å². The molecule has 0 radical (unpaired) electrons. The Bertz CT molecular complexity index is 827. The van der Waals surface area contributed by atoms with Crippen LogP contribution in [0.15, 0.2) is 6.20 Å². The maximum Gasteiger partial charge on any atom is 0.319 e. The van der Waals surface area contributed by atoms with E-state index in [-0.39, 0.29) is 17.9 Å². The Balaban J connectivity index is 1.39. The first-order valence-electron chi connectivity index (χ1n) is 11.2. The second-order valence-corrected chi connectivity index (χ2v) is 9.29. The van der Waals surface area contributed by atoms with Crippen molar-refractivity contribution in [3.05, 3.63) is 17.5 Å². The first-order chi connectivity index (χ1) is 14.8. The molecule has 31 heavy (non-hydrogen) atoms. The molecule has 2 saturated heterocycles. The number of rotatable bonds is 2. The highest BCUT2D eigenvalue weighted by Crippen LogP contribution is 2.41. The molecule has 0 N–H and O–H groups in total. The second-order valence-electron chi connectivity index (χ2n) is 9.29. The number of fused-ring (bicyclic) bond motifs is 2. The minimum Gasteiger partial charge on any atom is -0.368 e. The number of aromatic nitrogens is 2. The van der Waals surface area contributed by atoms with E-state index in [1.54, 1.807) is 19.0 Å². The molecule has 0 bridgehead atoms. The first kappa shape index (κ1) is 21.8. The molecule has 1 aromatic heterocycles. The van der Waals surface area contributed by atoms with Crippen molar-refractivity contribution in [2.24, 2.45) is 5.92 Å². The molecule has 0 saturated carbocycles. The van der Waals surface area contributed by atoms with E-state index in [9.17, 15) is 9.59 Å². The molecule has 9 nitrogen and oxygen atoms in total. The molecule has 0 atom stereocenters. The molecular weight excluding hydrogens is 396 g/mol. The van der Waals surface area contributed by atoms with Gasteiger partial charge in [-0.05, 0) is 37.7 Å². The molecule has 4 heterocycles. The number of likely N-dealkylation sites (tertiary alicyclic amines) is 2. The fourth-order valence-electron chi connectivity index (χ4n) is 4.94. The Morgan fingerprint density at radius 1 is 1.06 bits per heavy atom. The third-order valence-electron chi connectivity index (χ3n) is 6.81. The van der Waals surface area contributed by atoms with E-state index in [0.717, 1.165) is 43.4 Å². The summed E-state index contributed by atoms with van der Waals surface area (Å²) in [4.78, 5) is 41.9. The summed E-state index contributed by atoms with van der Waals surface area (Å²) in [5, 5.41) is 0. The zero-order valence-electron chi connectivity index (χ0n) is 19.1. The lowest BCUT2D eigenvalue weighted by Gasteiger charge is -2.45. The van der Waals surface area contributed by atoms with Gasteiger partial charge in [-0.15, -0.1) is 0 Å². The van der Waals surface area contributed by atoms with Crippen molar-refractivity contribution in [2.75, 3.05) is 65.9 Å². The van der Waals surface area contributed by atoms with Crippen molar-refractivity contribution in [3.63, 3.8) is 0 Å². The average molecular weight is 431 g/mol. The van der Waals surface area contributed by atoms with E-state index < -0.39 is 5.60 Å². The van der Waals surface area contributed by atoms with Gasteiger partial charge in [0.25, 0.3) is 0 Å². The Kier molecular flexibility index (Phi) is 6.05. The molecule has 3 aliphatic rings. The number of nitrogens with zero attached hydrogens (tertiary/aromatic N) is 6. The Morgan fingerprint density at radius 2 is 1.74 bits per heavy atom. The van der Waals surface area contributed by atoms with Gasteiger partial charge in [0.15, 0.2) is 0 Å². The predicted molar refractivity (Wildman–Crippen MR) is 117 cm³/mol. The average Bonchev–Trinajstić information content (AvgIpc) is 2.78. The Labute approximate surface area is 184 Å². The van der Waals surface area contributed by atoms with Gasteiger partial charge in [-0.1, -0.05) is 0 Å². The third kappa shape index (κ3) is 4.20. The van der Waals surface area contributed by atoms with Crippen LogP contribution in [0.2, 0.25) is 0 Å². The third-order valence-corrected chi connectivity index (χ3v) is 6.81. The zero-order valence-corrected chi connectivity index (χ0v) is 19.1. The van der Waals surface area contributed by atoms with Crippen molar-refractivity contribution < 1.29 is 14.3 Å². The van der Waals surface area contributed by atoms with E-state index in [4.69, 9.17) is 9.72 Å². The van der Waals surface area contributed by atoms with Gasteiger partial charge in [0.2, 0.25) is 11.9 Å². The van der Waals surface area contributed by atoms with Gasteiger partial charge in [0.1, 0.15) is 5.60 Å². The molecule has 1 aromatic rings. The van der Waals surface area contributed by atoms with Gasteiger partial charge in [0.05, 0.1) is 12.3 Å². The van der Waals surface area contributed by atoms with Crippen molar-refractivity contribution >= 4 is 17.9 Å².